The number of carbonyl (C=O) groups is 4. The Morgan fingerprint density at radius 1 is 0.966 bits per heavy atom. The number of imidazole rings is 1. The van der Waals surface area contributed by atoms with Crippen molar-refractivity contribution in [2.45, 2.75) is 76.6 Å². The van der Waals surface area contributed by atoms with Gasteiger partial charge in [-0.1, -0.05) is 13.8 Å². The number of nitrogens with zero attached hydrogens (tertiary/aromatic N) is 4. The normalized spacial score (nSPS) is 20.9. The molecule has 0 bridgehead atoms. The van der Waals surface area contributed by atoms with Gasteiger partial charge in [0.1, 0.15) is 36.3 Å². The van der Waals surface area contributed by atoms with E-state index in [0.29, 0.717) is 25.1 Å². The highest BCUT2D eigenvalue weighted by atomic mass is 32.1. The smallest absolute Gasteiger partial charge is 0.481 e. The van der Waals surface area contributed by atoms with Crippen LogP contribution in [0.4, 0.5) is 5.82 Å². The Bertz CT molecular complexity index is 1850. The zero-order chi connectivity index (χ0) is 44.1. The number of fused-ring (bicyclic) bond motifs is 1. The number of ether oxygens (including phenoxy) is 1. The topological polar surface area (TPSA) is 421 Å². The van der Waals surface area contributed by atoms with Crippen LogP contribution >= 0.6 is 36.1 Å². The van der Waals surface area contributed by atoms with Gasteiger partial charge in [0.15, 0.2) is 17.7 Å². The third-order valence-corrected chi connectivity index (χ3v) is 10.9. The molecule has 330 valence electrons. The zero-order valence-corrected chi connectivity index (χ0v) is 34.3. The first-order valence-corrected chi connectivity index (χ1v) is 21.9. The van der Waals surface area contributed by atoms with Crippen molar-refractivity contribution >= 4 is 76.8 Å². The Kier molecular flexibility index (Phi) is 19.7. The number of aromatic nitrogens is 4. The summed E-state index contributed by atoms with van der Waals surface area (Å²) in [4.78, 5) is 94.4. The highest BCUT2D eigenvalue weighted by molar-refractivity contribution is 7.80. The molecule has 3 heterocycles. The number of carboxylic acid groups (broad SMARTS) is 2. The fraction of sp³-hybridized carbons (Fsp3) is 0.667. The number of nitrogens with one attached hydrogen (secondary N) is 2. The Morgan fingerprint density at radius 2 is 1.57 bits per heavy atom. The van der Waals surface area contributed by atoms with E-state index in [4.69, 9.17) is 29.7 Å². The van der Waals surface area contributed by atoms with Crippen LogP contribution in [-0.4, -0.2) is 140 Å². The molecule has 0 aromatic carbocycles. The van der Waals surface area contributed by atoms with Gasteiger partial charge in [0, 0.05) is 43.5 Å². The molecule has 0 aliphatic carbocycles. The lowest BCUT2D eigenvalue weighted by molar-refractivity contribution is -0.139. The van der Waals surface area contributed by atoms with Gasteiger partial charge in [0.25, 0.3) is 0 Å². The minimum absolute atomic E-state index is 0.0363. The maximum Gasteiger partial charge on any atom is 0.481 e. The molecule has 1 aliphatic rings. The molecule has 58 heavy (non-hydrogen) atoms. The van der Waals surface area contributed by atoms with Gasteiger partial charge >= 0.3 is 35.4 Å². The summed E-state index contributed by atoms with van der Waals surface area (Å²) >= 11 is 3.95. The second-order valence-electron chi connectivity index (χ2n) is 12.8. The number of rotatable bonds is 23. The van der Waals surface area contributed by atoms with E-state index in [1.165, 1.54) is 13.8 Å². The Morgan fingerprint density at radius 3 is 2.14 bits per heavy atom. The average Bonchev–Trinajstić information content (AvgIpc) is 3.67. The number of anilines is 1. The fourth-order valence-corrected chi connectivity index (χ4v) is 7.63. The summed E-state index contributed by atoms with van der Waals surface area (Å²) in [6.07, 6.45) is -5.72. The molecular formula is C27H46N7O20P3S. The summed E-state index contributed by atoms with van der Waals surface area (Å²) in [6, 6.07) is 0. The summed E-state index contributed by atoms with van der Waals surface area (Å²) < 4.78 is 61.7. The maximum atomic E-state index is 12.6. The maximum absolute atomic E-state index is 12.6. The molecule has 2 aromatic rings. The van der Waals surface area contributed by atoms with Crippen molar-refractivity contribution in [2.24, 2.45) is 5.41 Å². The molecule has 0 spiro atoms. The van der Waals surface area contributed by atoms with Crippen LogP contribution < -0.4 is 16.4 Å². The predicted octanol–water partition coefficient (Wildman–Crippen LogP) is -0.949. The zero-order valence-electron chi connectivity index (χ0n) is 30.7. The fourth-order valence-electron chi connectivity index (χ4n) is 4.69. The van der Waals surface area contributed by atoms with Crippen LogP contribution in [0.3, 0.4) is 0 Å². The summed E-state index contributed by atoms with van der Waals surface area (Å²) in [5.74, 6) is -2.68. The molecule has 0 radical (unpaired) electrons. The van der Waals surface area contributed by atoms with Crippen molar-refractivity contribution in [3.8, 4) is 0 Å². The number of hydrogen-bond donors (Lipinski definition) is 12. The summed E-state index contributed by atoms with van der Waals surface area (Å²) in [7, 11) is -16.3. The number of phosphoric acid groups is 3. The molecule has 12 N–H and O–H groups in total. The number of nitrogens with two attached hydrogens (primary N) is 1. The van der Waals surface area contributed by atoms with E-state index in [-0.39, 0.29) is 48.7 Å². The van der Waals surface area contributed by atoms with Gasteiger partial charge in [0.2, 0.25) is 11.8 Å². The Labute approximate surface area is 334 Å². The van der Waals surface area contributed by atoms with Gasteiger partial charge in [-0.05, 0) is 12.8 Å². The molecule has 1 aliphatic heterocycles. The van der Waals surface area contributed by atoms with E-state index < -0.39 is 90.6 Å². The number of aliphatic hydroxyl groups excluding tert-OH is 2. The Hall–Kier alpha value is -3.17. The molecule has 3 rings (SSSR count). The molecule has 0 saturated carbocycles. The molecule has 2 amide bonds. The van der Waals surface area contributed by atoms with E-state index in [9.17, 15) is 62.7 Å². The van der Waals surface area contributed by atoms with E-state index in [1.807, 2.05) is 0 Å². The van der Waals surface area contributed by atoms with Crippen molar-refractivity contribution in [3.63, 3.8) is 0 Å². The average molecular weight is 914 g/mol. The summed E-state index contributed by atoms with van der Waals surface area (Å²) in [6.45, 7) is 0.723. The number of nitrogen functional groups attached to an aromatic ring is 1. The number of aliphatic hydroxyl groups is 2. The second kappa shape index (κ2) is 22.4. The van der Waals surface area contributed by atoms with Crippen LogP contribution in [0.5, 0.6) is 0 Å². The minimum atomic E-state index is -5.54. The van der Waals surface area contributed by atoms with Gasteiger partial charge in [-0.3, -0.25) is 37.3 Å². The van der Waals surface area contributed by atoms with Gasteiger partial charge in [-0.15, -0.1) is 0 Å². The van der Waals surface area contributed by atoms with Gasteiger partial charge in [-0.2, -0.15) is 16.9 Å². The van der Waals surface area contributed by atoms with E-state index in [2.05, 4.69) is 47.0 Å². The Balaban J connectivity index is 0.00000102. The number of hydrogen-bond acceptors (Lipinski definition) is 19. The quantitative estimate of drug-likeness (QED) is 0.0363. The number of unbranched alkanes of at least 4 members (excludes halogenated alkanes) is 1. The number of carboxylic acids is 2. The highest BCUT2D eigenvalue weighted by Crippen LogP contribution is 2.61. The van der Waals surface area contributed by atoms with Crippen molar-refractivity contribution < 1.29 is 95.5 Å². The van der Waals surface area contributed by atoms with Gasteiger partial charge in [-0.25, -0.2) is 28.6 Å². The van der Waals surface area contributed by atoms with Gasteiger partial charge in [0.05, 0.1) is 19.5 Å². The molecule has 2 unspecified atom stereocenters. The third-order valence-electron chi connectivity index (χ3n) is 7.54. The van der Waals surface area contributed by atoms with Crippen LogP contribution in [0.25, 0.3) is 11.2 Å². The number of phosphoric ester groups is 3. The van der Waals surface area contributed by atoms with Crippen LogP contribution in [0.15, 0.2) is 12.7 Å². The van der Waals surface area contributed by atoms with Crippen molar-refractivity contribution in [2.75, 3.05) is 37.8 Å². The van der Waals surface area contributed by atoms with Crippen LogP contribution in [0, 0.1) is 5.41 Å². The van der Waals surface area contributed by atoms with Crippen LogP contribution in [-0.2, 0) is 55.5 Å². The van der Waals surface area contributed by atoms with Crippen LogP contribution in [0.1, 0.15) is 52.2 Å². The lowest BCUT2D eigenvalue weighted by Crippen LogP contribution is -2.46. The molecule has 27 nitrogen and oxygen atoms in total. The number of carbonyl (C=O) groups excluding carboxylic acids is 2. The first-order chi connectivity index (χ1) is 26.8. The standard InChI is InChI=1S/C21H36N7O16P3S.C6H10O4/c1-21(2,16(31)19(32)24-4-3-12(29)23-5-6-48)8-41-47(38,39)44-46(36,37)40-7-11-15(43-45(33,34)35)14(30)20(42-11)28-10-27-13-17(22)25-9-26-18(13)28;7-5(8)3-1-2-4-6(9)10/h9-11,14-16,20,30-31,48H,3-8H2,1-2H3,(H,23,29)(H,24,32)(H,36,37)(H,38,39)(H2,22,25,26)(H2,33,34,35);1-4H2,(H,7,8)(H,9,10)/t11-,14-,15-,16+,20-;/m1./s1. The first kappa shape index (κ1) is 51.0. The second-order valence-corrected chi connectivity index (χ2v) is 17.5. The van der Waals surface area contributed by atoms with Crippen molar-refractivity contribution in [1.29, 1.82) is 0 Å². The van der Waals surface area contributed by atoms with Crippen LogP contribution in [0.2, 0.25) is 0 Å². The van der Waals surface area contributed by atoms with Crippen molar-refractivity contribution in [1.82, 2.24) is 30.2 Å². The number of thiol groups is 1. The molecule has 2 aromatic heterocycles. The first-order valence-electron chi connectivity index (χ1n) is 16.7. The van der Waals surface area contributed by atoms with Crippen molar-refractivity contribution in [3.05, 3.63) is 12.7 Å². The van der Waals surface area contributed by atoms with E-state index in [0.717, 1.165) is 17.2 Å². The predicted molar refractivity (Wildman–Crippen MR) is 197 cm³/mol. The number of amides is 2. The molecular weight excluding hydrogens is 867 g/mol. The third kappa shape index (κ3) is 17.2. The lowest BCUT2D eigenvalue weighted by atomic mass is 9.87. The number of aliphatic carboxylic acids is 2. The van der Waals surface area contributed by atoms with E-state index in [1.54, 1.807) is 0 Å². The molecule has 1 fully saturated rings. The summed E-state index contributed by atoms with van der Waals surface area (Å²) in [5, 5.41) is 42.4. The largest absolute Gasteiger partial charge is 0.481 e. The lowest BCUT2D eigenvalue weighted by Gasteiger charge is -2.30. The minimum Gasteiger partial charge on any atom is -0.481 e. The van der Waals surface area contributed by atoms with Gasteiger partial charge < -0.3 is 61.1 Å². The van der Waals surface area contributed by atoms with E-state index >= 15 is 0 Å². The summed E-state index contributed by atoms with van der Waals surface area (Å²) in [5.41, 5.74) is 4.30. The SMILES string of the molecule is CC(C)(COP(=O)(O)OP(=O)(O)OC[C@H]1O[C@@H](n2cnc3c(N)ncnc32)[C@H](O)[C@@H]1OP(=O)(O)O)[C@@H](O)C(=O)NCCC(=O)NCCS.O=C(O)CCCCC(=O)O. The molecule has 31 heteroatoms. The molecule has 7 atom stereocenters. The monoisotopic (exact) mass is 913 g/mol. The molecule has 1 saturated heterocycles. The highest BCUT2D eigenvalue weighted by Gasteiger charge is 2.50.